The highest BCUT2D eigenvalue weighted by molar-refractivity contribution is 5.78. The van der Waals surface area contributed by atoms with Crippen molar-refractivity contribution in [2.24, 2.45) is 0 Å². The molecule has 0 saturated carbocycles. The van der Waals surface area contributed by atoms with Crippen LogP contribution in [0.15, 0.2) is 75.1 Å². The topological polar surface area (TPSA) is 112 Å². The van der Waals surface area contributed by atoms with E-state index in [-0.39, 0.29) is 30.8 Å². The zero-order valence-corrected chi connectivity index (χ0v) is 16.0. The van der Waals surface area contributed by atoms with Crippen LogP contribution in [-0.2, 0) is 30.8 Å². The lowest BCUT2D eigenvalue weighted by atomic mass is 10.1. The summed E-state index contributed by atoms with van der Waals surface area (Å²) in [5.74, 6) is 0.182. The number of benzene rings is 1. The van der Waals surface area contributed by atoms with E-state index in [4.69, 9.17) is 4.42 Å². The summed E-state index contributed by atoms with van der Waals surface area (Å²) >= 11 is 0. The van der Waals surface area contributed by atoms with Crippen molar-refractivity contribution in [3.63, 3.8) is 0 Å². The number of rotatable bonds is 7. The minimum atomic E-state index is -0.600. The summed E-state index contributed by atoms with van der Waals surface area (Å²) in [6.07, 6.45) is 4.77. The fraction of sp³-hybridized carbons (Fsp3) is 0.190. The van der Waals surface area contributed by atoms with Gasteiger partial charge in [-0.15, -0.1) is 0 Å². The van der Waals surface area contributed by atoms with Crippen molar-refractivity contribution >= 4 is 17.1 Å². The van der Waals surface area contributed by atoms with Crippen molar-refractivity contribution in [3.8, 4) is 0 Å². The molecule has 1 aromatic carbocycles. The zero-order valence-electron chi connectivity index (χ0n) is 16.0. The van der Waals surface area contributed by atoms with E-state index in [9.17, 15) is 14.4 Å². The number of hydrogen-bond donors (Lipinski definition) is 1. The highest BCUT2D eigenvalue weighted by Gasteiger charge is 2.17. The summed E-state index contributed by atoms with van der Waals surface area (Å²) in [6.45, 7) is 0.0698. The van der Waals surface area contributed by atoms with E-state index in [0.717, 1.165) is 10.1 Å². The summed E-state index contributed by atoms with van der Waals surface area (Å²) in [5.41, 5.74) is -0.00487. The first-order chi connectivity index (χ1) is 14.6. The van der Waals surface area contributed by atoms with Crippen molar-refractivity contribution in [3.05, 3.63) is 93.3 Å². The van der Waals surface area contributed by atoms with Crippen LogP contribution in [0.4, 0.5) is 0 Å². The molecule has 0 aliphatic carbocycles. The minimum absolute atomic E-state index is 0.0454. The summed E-state index contributed by atoms with van der Waals surface area (Å²) in [6, 6.07) is 13.0. The van der Waals surface area contributed by atoms with Gasteiger partial charge in [0.2, 0.25) is 5.91 Å². The van der Waals surface area contributed by atoms with E-state index in [2.05, 4.69) is 15.3 Å². The third-order valence-corrected chi connectivity index (χ3v) is 4.65. The Bertz CT molecular complexity index is 1280. The highest BCUT2D eigenvalue weighted by Crippen LogP contribution is 2.04. The molecule has 0 unspecified atom stereocenters. The molecule has 0 aliphatic heterocycles. The second kappa shape index (κ2) is 8.56. The van der Waals surface area contributed by atoms with E-state index in [1.165, 1.54) is 23.2 Å². The maximum absolute atomic E-state index is 13.1. The quantitative estimate of drug-likeness (QED) is 0.493. The number of carbonyl (C=O) groups excluding carboxylic acids is 1. The molecule has 0 spiro atoms. The molecule has 0 bridgehead atoms. The van der Waals surface area contributed by atoms with Gasteiger partial charge in [0.1, 0.15) is 12.3 Å². The SMILES string of the molecule is O=C(Cn1c(=O)n(CCc2ccccc2)c(=O)c2nccnc21)NCc1ccco1. The largest absolute Gasteiger partial charge is 0.467 e. The first-order valence-corrected chi connectivity index (χ1v) is 9.41. The summed E-state index contributed by atoms with van der Waals surface area (Å²) < 4.78 is 7.46. The molecular weight excluding hydrogens is 386 g/mol. The lowest BCUT2D eigenvalue weighted by Crippen LogP contribution is -2.43. The maximum Gasteiger partial charge on any atom is 0.333 e. The van der Waals surface area contributed by atoms with Crippen molar-refractivity contribution in [2.75, 3.05) is 0 Å². The van der Waals surface area contributed by atoms with Gasteiger partial charge < -0.3 is 9.73 Å². The van der Waals surface area contributed by atoms with Crippen LogP contribution >= 0.6 is 0 Å². The molecule has 0 saturated heterocycles. The molecule has 4 aromatic rings. The first-order valence-electron chi connectivity index (χ1n) is 9.41. The summed E-state index contributed by atoms with van der Waals surface area (Å²) in [5, 5.41) is 2.69. The molecule has 4 rings (SSSR count). The van der Waals surface area contributed by atoms with Gasteiger partial charge in [0.05, 0.1) is 12.8 Å². The van der Waals surface area contributed by atoms with Gasteiger partial charge in [-0.1, -0.05) is 30.3 Å². The standard InChI is InChI=1S/C21H19N5O4/c27-17(24-13-16-7-4-12-30-16)14-26-19-18(22-9-10-23-19)20(28)25(21(26)29)11-8-15-5-2-1-3-6-15/h1-7,9-10,12H,8,11,13-14H2,(H,24,27). The number of fused-ring (bicyclic) bond motifs is 1. The van der Waals surface area contributed by atoms with Crippen LogP contribution in [0.1, 0.15) is 11.3 Å². The van der Waals surface area contributed by atoms with Gasteiger partial charge in [0.25, 0.3) is 5.56 Å². The second-order valence-corrected chi connectivity index (χ2v) is 6.65. The van der Waals surface area contributed by atoms with Gasteiger partial charge in [-0.3, -0.25) is 18.7 Å². The van der Waals surface area contributed by atoms with Crippen LogP contribution in [0.2, 0.25) is 0 Å². The van der Waals surface area contributed by atoms with E-state index in [1.54, 1.807) is 12.1 Å². The normalized spacial score (nSPS) is 10.9. The number of hydrogen-bond acceptors (Lipinski definition) is 6. The molecule has 0 aliphatic rings. The molecular formula is C21H19N5O4. The number of aryl methyl sites for hydroxylation is 1. The second-order valence-electron chi connectivity index (χ2n) is 6.65. The lowest BCUT2D eigenvalue weighted by molar-refractivity contribution is -0.121. The molecule has 3 heterocycles. The molecule has 0 atom stereocenters. The molecule has 30 heavy (non-hydrogen) atoms. The smallest absolute Gasteiger partial charge is 0.333 e. The molecule has 9 heteroatoms. The van der Waals surface area contributed by atoms with E-state index < -0.39 is 17.2 Å². The van der Waals surface area contributed by atoms with Gasteiger partial charge in [0.15, 0.2) is 11.2 Å². The van der Waals surface area contributed by atoms with Gasteiger partial charge in [-0.05, 0) is 24.1 Å². The molecule has 9 nitrogen and oxygen atoms in total. The van der Waals surface area contributed by atoms with Crippen molar-refractivity contribution < 1.29 is 9.21 Å². The van der Waals surface area contributed by atoms with Crippen LogP contribution in [-0.4, -0.2) is 25.0 Å². The summed E-state index contributed by atoms with van der Waals surface area (Å²) in [7, 11) is 0. The number of furan rings is 1. The predicted molar refractivity (Wildman–Crippen MR) is 109 cm³/mol. The number of aromatic nitrogens is 4. The van der Waals surface area contributed by atoms with Crippen molar-refractivity contribution in [1.29, 1.82) is 0 Å². The van der Waals surface area contributed by atoms with Crippen LogP contribution in [0.25, 0.3) is 11.2 Å². The number of nitrogens with one attached hydrogen (secondary N) is 1. The third kappa shape index (κ3) is 4.04. The molecule has 1 N–H and O–H groups in total. The monoisotopic (exact) mass is 405 g/mol. The molecule has 0 radical (unpaired) electrons. The Morgan fingerprint density at radius 3 is 2.57 bits per heavy atom. The van der Waals surface area contributed by atoms with E-state index in [1.807, 2.05) is 30.3 Å². The fourth-order valence-corrected chi connectivity index (χ4v) is 3.15. The Balaban J connectivity index is 1.65. The Morgan fingerprint density at radius 2 is 1.80 bits per heavy atom. The van der Waals surface area contributed by atoms with Gasteiger partial charge >= 0.3 is 5.69 Å². The van der Waals surface area contributed by atoms with Gasteiger partial charge in [-0.25, -0.2) is 14.8 Å². The Kier molecular flexibility index (Phi) is 5.51. The van der Waals surface area contributed by atoms with Gasteiger partial charge in [-0.2, -0.15) is 0 Å². The Labute approximate surface area is 170 Å². The molecule has 0 fully saturated rings. The van der Waals surface area contributed by atoms with Crippen LogP contribution in [0.5, 0.6) is 0 Å². The maximum atomic E-state index is 13.1. The van der Waals surface area contributed by atoms with Gasteiger partial charge in [0, 0.05) is 18.9 Å². The minimum Gasteiger partial charge on any atom is -0.467 e. The number of amides is 1. The zero-order chi connectivity index (χ0) is 20.9. The summed E-state index contributed by atoms with van der Waals surface area (Å²) in [4.78, 5) is 46.5. The average Bonchev–Trinajstić information content (AvgIpc) is 3.30. The Hall–Kier alpha value is -4.01. The van der Waals surface area contributed by atoms with Crippen LogP contribution < -0.4 is 16.6 Å². The molecule has 1 amide bonds. The predicted octanol–water partition coefficient (Wildman–Crippen LogP) is 1.11. The first kappa shape index (κ1) is 19.3. The lowest BCUT2D eigenvalue weighted by Gasteiger charge is -2.13. The molecule has 152 valence electrons. The van der Waals surface area contributed by atoms with E-state index in [0.29, 0.717) is 12.2 Å². The van der Waals surface area contributed by atoms with E-state index >= 15 is 0 Å². The van der Waals surface area contributed by atoms with Crippen molar-refractivity contribution in [2.45, 2.75) is 26.1 Å². The average molecular weight is 405 g/mol. The third-order valence-electron chi connectivity index (χ3n) is 4.65. The number of nitrogens with zero attached hydrogens (tertiary/aromatic N) is 4. The molecule has 3 aromatic heterocycles. The van der Waals surface area contributed by atoms with Crippen LogP contribution in [0, 0.1) is 0 Å². The Morgan fingerprint density at radius 1 is 1.00 bits per heavy atom. The number of carbonyl (C=O) groups is 1. The fourth-order valence-electron chi connectivity index (χ4n) is 3.15. The van der Waals surface area contributed by atoms with Crippen molar-refractivity contribution in [1.82, 2.24) is 24.4 Å². The van der Waals surface area contributed by atoms with Crippen LogP contribution in [0.3, 0.4) is 0 Å². The highest BCUT2D eigenvalue weighted by atomic mass is 16.3.